The number of fused-ring (bicyclic) bond motifs is 1. The van der Waals surface area contributed by atoms with E-state index in [4.69, 9.17) is 0 Å². The summed E-state index contributed by atoms with van der Waals surface area (Å²) < 4.78 is 0. The highest BCUT2D eigenvalue weighted by Gasteiger charge is 2.35. The quantitative estimate of drug-likeness (QED) is 0.538. The van der Waals surface area contributed by atoms with Crippen LogP contribution < -0.4 is 0 Å². The Morgan fingerprint density at radius 1 is 1.14 bits per heavy atom. The van der Waals surface area contributed by atoms with Crippen molar-refractivity contribution in [2.24, 2.45) is 23.2 Å². The van der Waals surface area contributed by atoms with Gasteiger partial charge < -0.3 is 0 Å². The van der Waals surface area contributed by atoms with Crippen LogP contribution in [0.15, 0.2) is 6.08 Å². The minimum atomic E-state index is 0.524. The van der Waals surface area contributed by atoms with Crippen LogP contribution in [0.2, 0.25) is 0 Å². The predicted molar refractivity (Wildman–Crippen MR) is 60.8 cm³/mol. The molecule has 1 saturated carbocycles. The maximum atomic E-state index is 3.41. The average molecular weight is 191 g/mol. The molecule has 3 unspecified atom stereocenters. The van der Waals surface area contributed by atoms with Crippen LogP contribution in [0.5, 0.6) is 0 Å². The molecule has 0 N–H and O–H groups in total. The molecule has 2 aliphatic rings. The zero-order valence-corrected chi connectivity index (χ0v) is 9.84. The largest absolute Gasteiger partial charge is 0.0777 e. The van der Waals surface area contributed by atoms with E-state index >= 15 is 0 Å². The Hall–Kier alpha value is -0.260. The van der Waals surface area contributed by atoms with Gasteiger partial charge in [0.05, 0.1) is 0 Å². The third-order valence-electron chi connectivity index (χ3n) is 4.26. The molecule has 0 aromatic heterocycles. The van der Waals surface area contributed by atoms with Gasteiger partial charge in [0.2, 0.25) is 0 Å². The fraction of sp³-hybridized carbons (Fsp3) is 0.857. The van der Waals surface area contributed by atoms with Crippen molar-refractivity contribution >= 4 is 0 Å². The van der Waals surface area contributed by atoms with Gasteiger partial charge >= 0.3 is 0 Å². The highest BCUT2D eigenvalue weighted by Crippen LogP contribution is 2.45. The summed E-state index contributed by atoms with van der Waals surface area (Å²) in [6.45, 7) is 7.22. The second kappa shape index (κ2) is 3.72. The first-order chi connectivity index (χ1) is 6.57. The second-order valence-electron chi connectivity index (χ2n) is 6.21. The normalized spacial score (nSPS) is 38.1. The zero-order chi connectivity index (χ0) is 10.2. The van der Waals surface area contributed by atoms with Gasteiger partial charge in [-0.05, 0) is 61.3 Å². The van der Waals surface area contributed by atoms with Crippen LogP contribution in [0.1, 0.15) is 52.9 Å². The van der Waals surface area contributed by atoms with Gasteiger partial charge in [0.1, 0.15) is 0 Å². The highest BCUT2D eigenvalue weighted by molar-refractivity contribution is 4.97. The van der Waals surface area contributed by atoms with Gasteiger partial charge in [-0.1, -0.05) is 26.8 Å². The van der Waals surface area contributed by atoms with Crippen molar-refractivity contribution in [2.75, 3.05) is 0 Å². The molecule has 0 aromatic rings. The summed E-state index contributed by atoms with van der Waals surface area (Å²) in [5, 5.41) is 0. The van der Waals surface area contributed by atoms with Crippen LogP contribution in [0.3, 0.4) is 0 Å². The molecule has 14 heavy (non-hydrogen) atoms. The van der Waals surface area contributed by atoms with E-state index in [1.54, 1.807) is 0 Å². The van der Waals surface area contributed by atoms with Gasteiger partial charge in [-0.25, -0.2) is 0 Å². The number of allylic oxidation sites excluding steroid dienone is 2. The zero-order valence-electron chi connectivity index (χ0n) is 9.84. The minimum absolute atomic E-state index is 0.524. The van der Waals surface area contributed by atoms with Crippen molar-refractivity contribution in [2.45, 2.75) is 52.9 Å². The predicted octanol–water partition coefficient (Wildman–Crippen LogP) is 4.22. The Balaban J connectivity index is 2.01. The van der Waals surface area contributed by atoms with Crippen LogP contribution in [0, 0.1) is 29.2 Å². The smallest absolute Gasteiger partial charge is 0.0199 e. The molecule has 2 rings (SSSR count). The van der Waals surface area contributed by atoms with E-state index in [1.807, 2.05) is 0 Å². The van der Waals surface area contributed by atoms with Crippen molar-refractivity contribution in [1.82, 2.24) is 0 Å². The number of rotatable bonds is 0. The minimum Gasteiger partial charge on any atom is -0.0777 e. The molecule has 0 bridgehead atoms. The van der Waals surface area contributed by atoms with Crippen molar-refractivity contribution in [3.63, 3.8) is 0 Å². The average Bonchev–Trinajstić information content (AvgIpc) is 2.16. The lowest BCUT2D eigenvalue weighted by atomic mass is 9.63. The molecule has 0 nitrogen and oxygen atoms in total. The van der Waals surface area contributed by atoms with Crippen molar-refractivity contribution in [3.05, 3.63) is 12.2 Å². The molecular formula is C14H23. The molecule has 1 fully saturated rings. The second-order valence-corrected chi connectivity index (χ2v) is 6.21. The first-order valence-electron chi connectivity index (χ1n) is 6.14. The monoisotopic (exact) mass is 191 g/mol. The van der Waals surface area contributed by atoms with E-state index in [1.165, 1.54) is 32.1 Å². The Labute approximate surface area is 88.8 Å². The summed E-state index contributed by atoms with van der Waals surface area (Å²) in [5.74, 6) is 2.81. The molecule has 0 aromatic carbocycles. The Kier molecular flexibility index (Phi) is 2.72. The number of hydrogen-bond acceptors (Lipinski definition) is 0. The van der Waals surface area contributed by atoms with Gasteiger partial charge in [-0.2, -0.15) is 0 Å². The summed E-state index contributed by atoms with van der Waals surface area (Å²) in [7, 11) is 0. The molecule has 79 valence electrons. The van der Waals surface area contributed by atoms with Gasteiger partial charge in [-0.15, -0.1) is 0 Å². The maximum absolute atomic E-state index is 3.41. The van der Waals surface area contributed by atoms with E-state index in [2.05, 4.69) is 32.9 Å². The SMILES string of the molecule is CC(C)(C)C1CCC2C=[C]CCC2C1. The van der Waals surface area contributed by atoms with Gasteiger partial charge in [-0.3, -0.25) is 0 Å². The van der Waals surface area contributed by atoms with Crippen LogP contribution in [-0.4, -0.2) is 0 Å². The molecule has 0 saturated heterocycles. The molecule has 0 heterocycles. The topological polar surface area (TPSA) is 0 Å². The molecule has 0 heteroatoms. The van der Waals surface area contributed by atoms with Crippen molar-refractivity contribution in [1.29, 1.82) is 0 Å². The summed E-state index contributed by atoms with van der Waals surface area (Å²) in [4.78, 5) is 0. The van der Waals surface area contributed by atoms with Crippen LogP contribution in [0.4, 0.5) is 0 Å². The fourth-order valence-corrected chi connectivity index (χ4v) is 3.13. The van der Waals surface area contributed by atoms with E-state index in [-0.39, 0.29) is 0 Å². The summed E-state index contributed by atoms with van der Waals surface area (Å²) in [6.07, 6.45) is 12.7. The first-order valence-corrected chi connectivity index (χ1v) is 6.14. The van der Waals surface area contributed by atoms with Gasteiger partial charge in [0, 0.05) is 0 Å². The Morgan fingerprint density at radius 2 is 1.93 bits per heavy atom. The molecule has 0 spiro atoms. The molecule has 1 radical (unpaired) electrons. The molecular weight excluding hydrogens is 168 g/mol. The lowest BCUT2D eigenvalue weighted by molar-refractivity contribution is 0.107. The van der Waals surface area contributed by atoms with Crippen molar-refractivity contribution < 1.29 is 0 Å². The molecule has 3 atom stereocenters. The molecule has 2 aliphatic carbocycles. The number of hydrogen-bond donors (Lipinski definition) is 0. The molecule has 0 amide bonds. The first kappa shape index (κ1) is 10.3. The van der Waals surface area contributed by atoms with Crippen LogP contribution in [-0.2, 0) is 0 Å². The fourth-order valence-electron chi connectivity index (χ4n) is 3.13. The highest BCUT2D eigenvalue weighted by atomic mass is 14.4. The lowest BCUT2D eigenvalue weighted by Crippen LogP contribution is -2.32. The third-order valence-corrected chi connectivity index (χ3v) is 4.26. The molecule has 0 aliphatic heterocycles. The van der Waals surface area contributed by atoms with Crippen LogP contribution in [0.25, 0.3) is 0 Å². The maximum Gasteiger partial charge on any atom is -0.0199 e. The summed E-state index contributed by atoms with van der Waals surface area (Å²) in [6, 6.07) is 0. The third kappa shape index (κ3) is 2.04. The van der Waals surface area contributed by atoms with E-state index in [9.17, 15) is 0 Å². The van der Waals surface area contributed by atoms with E-state index < -0.39 is 0 Å². The standard InChI is InChI=1S/C14H23/c1-14(2,3)13-9-8-11-6-4-5-7-12(11)10-13/h6,11-13H,5,7-10H2,1-3H3. The van der Waals surface area contributed by atoms with Gasteiger partial charge in [0.25, 0.3) is 0 Å². The van der Waals surface area contributed by atoms with E-state index in [0.717, 1.165) is 17.8 Å². The Morgan fingerprint density at radius 3 is 2.64 bits per heavy atom. The van der Waals surface area contributed by atoms with Crippen LogP contribution >= 0.6 is 0 Å². The van der Waals surface area contributed by atoms with Crippen molar-refractivity contribution in [3.8, 4) is 0 Å². The van der Waals surface area contributed by atoms with Gasteiger partial charge in [0.15, 0.2) is 0 Å². The summed E-state index contributed by atoms with van der Waals surface area (Å²) >= 11 is 0. The van der Waals surface area contributed by atoms with E-state index in [0.29, 0.717) is 5.41 Å². The lowest BCUT2D eigenvalue weighted by Gasteiger charge is -2.42. The Bertz CT molecular complexity index is 219. The summed E-state index contributed by atoms with van der Waals surface area (Å²) in [5.41, 5.74) is 0.524.